The molecule has 0 saturated heterocycles. The quantitative estimate of drug-likeness (QED) is 0.849. The van der Waals surface area contributed by atoms with E-state index in [4.69, 9.17) is 4.74 Å². The average molecular weight is 261 g/mol. The first kappa shape index (κ1) is 12.1. The van der Waals surface area contributed by atoms with Gasteiger partial charge in [-0.1, -0.05) is 13.8 Å². The number of benzene rings is 1. The van der Waals surface area contributed by atoms with Gasteiger partial charge in [0.15, 0.2) is 0 Å². The van der Waals surface area contributed by atoms with Crippen LogP contribution in [0.15, 0.2) is 24.5 Å². The molecule has 5 heteroatoms. The van der Waals surface area contributed by atoms with E-state index in [-0.39, 0.29) is 17.8 Å². The van der Waals surface area contributed by atoms with Crippen molar-refractivity contribution in [2.45, 2.75) is 38.7 Å². The number of hydrogen-bond donors (Lipinski definition) is 0. The number of aromatic nitrogens is 3. The van der Waals surface area contributed by atoms with Crippen LogP contribution in [0.5, 0.6) is 5.75 Å². The standard InChI is InChI=1S/C14H16FN3O/c1-9(2)14-12(15)7-10(18-16-5-6-17-18)8-13(14)19-11-3-4-11/h5-9,11H,3-4H2,1-2H3. The van der Waals surface area contributed by atoms with Crippen LogP contribution in [0.25, 0.3) is 5.69 Å². The van der Waals surface area contributed by atoms with Crippen molar-refractivity contribution in [1.82, 2.24) is 15.0 Å². The molecule has 1 saturated carbocycles. The molecule has 0 amide bonds. The molecule has 0 N–H and O–H groups in total. The van der Waals surface area contributed by atoms with Crippen LogP contribution in [0.1, 0.15) is 38.2 Å². The highest BCUT2D eigenvalue weighted by Gasteiger charge is 2.26. The Morgan fingerprint density at radius 1 is 1.26 bits per heavy atom. The van der Waals surface area contributed by atoms with Gasteiger partial charge in [0.1, 0.15) is 11.6 Å². The second-order valence-corrected chi connectivity index (χ2v) is 5.13. The van der Waals surface area contributed by atoms with E-state index >= 15 is 0 Å². The third kappa shape index (κ3) is 2.45. The molecule has 1 aromatic carbocycles. The normalized spacial score (nSPS) is 14.9. The van der Waals surface area contributed by atoms with E-state index in [0.29, 0.717) is 17.0 Å². The number of hydrogen-bond acceptors (Lipinski definition) is 3. The fourth-order valence-corrected chi connectivity index (χ4v) is 2.07. The van der Waals surface area contributed by atoms with E-state index in [9.17, 15) is 4.39 Å². The summed E-state index contributed by atoms with van der Waals surface area (Å²) in [4.78, 5) is 1.40. The Balaban J connectivity index is 2.06. The summed E-state index contributed by atoms with van der Waals surface area (Å²) in [7, 11) is 0. The highest BCUT2D eigenvalue weighted by molar-refractivity contribution is 5.46. The van der Waals surface area contributed by atoms with E-state index in [0.717, 1.165) is 12.8 Å². The van der Waals surface area contributed by atoms with Gasteiger partial charge < -0.3 is 4.74 Å². The molecule has 4 nitrogen and oxygen atoms in total. The predicted octanol–water partition coefficient (Wildman–Crippen LogP) is 3.07. The van der Waals surface area contributed by atoms with Gasteiger partial charge in [0.25, 0.3) is 0 Å². The van der Waals surface area contributed by atoms with Gasteiger partial charge in [-0.2, -0.15) is 15.0 Å². The van der Waals surface area contributed by atoms with Gasteiger partial charge in [0, 0.05) is 17.7 Å². The van der Waals surface area contributed by atoms with E-state index in [1.807, 2.05) is 19.9 Å². The number of halogens is 1. The second-order valence-electron chi connectivity index (χ2n) is 5.13. The van der Waals surface area contributed by atoms with Crippen molar-refractivity contribution in [1.29, 1.82) is 0 Å². The molecular formula is C14H16FN3O. The molecule has 0 unspecified atom stereocenters. The zero-order valence-electron chi connectivity index (χ0n) is 11.0. The molecule has 0 bridgehead atoms. The summed E-state index contributed by atoms with van der Waals surface area (Å²) in [6.45, 7) is 3.92. The largest absolute Gasteiger partial charge is 0.490 e. The van der Waals surface area contributed by atoms with Gasteiger partial charge in [-0.3, -0.25) is 0 Å². The lowest BCUT2D eigenvalue weighted by Gasteiger charge is -2.16. The lowest BCUT2D eigenvalue weighted by Crippen LogP contribution is -2.07. The van der Waals surface area contributed by atoms with Crippen LogP contribution >= 0.6 is 0 Å². The van der Waals surface area contributed by atoms with Gasteiger partial charge in [-0.15, -0.1) is 0 Å². The smallest absolute Gasteiger partial charge is 0.132 e. The minimum Gasteiger partial charge on any atom is -0.490 e. The topological polar surface area (TPSA) is 39.9 Å². The van der Waals surface area contributed by atoms with Gasteiger partial charge >= 0.3 is 0 Å². The lowest BCUT2D eigenvalue weighted by atomic mass is 10.0. The molecule has 0 aliphatic heterocycles. The van der Waals surface area contributed by atoms with Crippen LogP contribution in [-0.4, -0.2) is 21.1 Å². The van der Waals surface area contributed by atoms with Crippen LogP contribution in [0, 0.1) is 5.82 Å². The molecule has 2 aromatic rings. The molecule has 1 aliphatic carbocycles. The summed E-state index contributed by atoms with van der Waals surface area (Å²) in [5.41, 5.74) is 1.21. The Morgan fingerprint density at radius 3 is 2.53 bits per heavy atom. The van der Waals surface area contributed by atoms with Crippen molar-refractivity contribution in [3.05, 3.63) is 35.9 Å². The fraction of sp³-hybridized carbons (Fsp3) is 0.429. The molecular weight excluding hydrogens is 245 g/mol. The van der Waals surface area contributed by atoms with Gasteiger partial charge in [0.05, 0.1) is 24.2 Å². The molecule has 0 radical (unpaired) electrons. The first-order chi connectivity index (χ1) is 9.15. The fourth-order valence-electron chi connectivity index (χ4n) is 2.07. The summed E-state index contributed by atoms with van der Waals surface area (Å²) in [6.07, 6.45) is 5.45. The highest BCUT2D eigenvalue weighted by Crippen LogP contribution is 2.35. The number of nitrogens with zero attached hydrogens (tertiary/aromatic N) is 3. The molecule has 1 heterocycles. The van der Waals surface area contributed by atoms with Crippen molar-refractivity contribution in [3.8, 4) is 11.4 Å². The lowest BCUT2D eigenvalue weighted by molar-refractivity contribution is 0.296. The van der Waals surface area contributed by atoms with Gasteiger partial charge in [0.2, 0.25) is 0 Å². The maximum absolute atomic E-state index is 14.3. The minimum atomic E-state index is -0.263. The molecule has 1 aromatic heterocycles. The van der Waals surface area contributed by atoms with E-state index in [1.54, 1.807) is 12.4 Å². The zero-order chi connectivity index (χ0) is 13.4. The minimum absolute atomic E-state index is 0.0772. The molecule has 3 rings (SSSR count). The number of rotatable bonds is 4. The Kier molecular flexibility index (Phi) is 2.97. The Morgan fingerprint density at radius 2 is 1.95 bits per heavy atom. The zero-order valence-corrected chi connectivity index (χ0v) is 11.0. The van der Waals surface area contributed by atoms with Crippen LogP contribution < -0.4 is 4.74 Å². The van der Waals surface area contributed by atoms with E-state index in [2.05, 4.69) is 10.2 Å². The number of ether oxygens (including phenoxy) is 1. The van der Waals surface area contributed by atoms with Crippen molar-refractivity contribution in [3.63, 3.8) is 0 Å². The third-order valence-corrected chi connectivity index (χ3v) is 3.12. The van der Waals surface area contributed by atoms with Gasteiger partial charge in [-0.25, -0.2) is 4.39 Å². The summed E-state index contributed by atoms with van der Waals surface area (Å²) < 4.78 is 20.1. The second kappa shape index (κ2) is 4.64. The summed E-state index contributed by atoms with van der Waals surface area (Å²) in [6, 6.07) is 3.27. The molecule has 19 heavy (non-hydrogen) atoms. The molecule has 0 atom stereocenters. The SMILES string of the molecule is CC(C)c1c(F)cc(-n2nccn2)cc1OC1CC1. The maximum Gasteiger partial charge on any atom is 0.132 e. The van der Waals surface area contributed by atoms with Crippen molar-refractivity contribution >= 4 is 0 Å². The first-order valence-electron chi connectivity index (χ1n) is 6.52. The van der Waals surface area contributed by atoms with Gasteiger partial charge in [-0.05, 0) is 18.8 Å². The molecule has 1 fully saturated rings. The molecule has 1 aliphatic rings. The van der Waals surface area contributed by atoms with E-state index in [1.165, 1.54) is 10.9 Å². The monoisotopic (exact) mass is 261 g/mol. The van der Waals surface area contributed by atoms with Crippen LogP contribution in [0.4, 0.5) is 4.39 Å². The Hall–Kier alpha value is -1.91. The summed E-state index contributed by atoms with van der Waals surface area (Å²) in [5.74, 6) is 0.429. The van der Waals surface area contributed by atoms with Crippen LogP contribution in [-0.2, 0) is 0 Å². The average Bonchev–Trinajstić information content (AvgIpc) is 2.99. The Bertz CT molecular complexity index is 577. The summed E-state index contributed by atoms with van der Waals surface area (Å²) >= 11 is 0. The van der Waals surface area contributed by atoms with Crippen LogP contribution in [0.3, 0.4) is 0 Å². The maximum atomic E-state index is 14.3. The first-order valence-corrected chi connectivity index (χ1v) is 6.52. The van der Waals surface area contributed by atoms with Crippen molar-refractivity contribution in [2.75, 3.05) is 0 Å². The molecule has 100 valence electrons. The predicted molar refractivity (Wildman–Crippen MR) is 69.1 cm³/mol. The van der Waals surface area contributed by atoms with Crippen molar-refractivity contribution < 1.29 is 9.13 Å². The highest BCUT2D eigenvalue weighted by atomic mass is 19.1. The van der Waals surface area contributed by atoms with Crippen molar-refractivity contribution in [2.24, 2.45) is 0 Å². The third-order valence-electron chi connectivity index (χ3n) is 3.12. The molecule has 0 spiro atoms. The van der Waals surface area contributed by atoms with Crippen LogP contribution in [0.2, 0.25) is 0 Å². The van der Waals surface area contributed by atoms with E-state index < -0.39 is 0 Å². The Labute approximate surface area is 111 Å². The summed E-state index contributed by atoms with van der Waals surface area (Å²) in [5, 5.41) is 8.04.